The summed E-state index contributed by atoms with van der Waals surface area (Å²) in [5.74, 6) is 0.657. The maximum Gasteiger partial charge on any atom is 0.251 e. The molecule has 0 fully saturated rings. The van der Waals surface area contributed by atoms with Crippen molar-refractivity contribution >= 4 is 35.4 Å². The average Bonchev–Trinajstić information content (AvgIpc) is 2.72. The monoisotopic (exact) mass is 439 g/mol. The van der Waals surface area contributed by atoms with Crippen molar-refractivity contribution < 1.29 is 23.8 Å². The minimum atomic E-state index is -0.322. The molecule has 8 heteroatoms. The lowest BCUT2D eigenvalue weighted by molar-refractivity contribution is -0.108. The molecule has 0 radical (unpaired) electrons. The molecule has 2 aromatic rings. The first-order valence-electron chi connectivity index (χ1n) is 8.84. The van der Waals surface area contributed by atoms with Gasteiger partial charge in [-0.3, -0.25) is 4.79 Å². The Hall–Kier alpha value is -2.44. The summed E-state index contributed by atoms with van der Waals surface area (Å²) >= 11 is 12.0. The maximum absolute atomic E-state index is 12.9. The quantitative estimate of drug-likeness (QED) is 0.584. The first-order chi connectivity index (χ1) is 13.9. The molecule has 0 aromatic heterocycles. The van der Waals surface area contributed by atoms with Crippen LogP contribution in [-0.4, -0.2) is 40.1 Å². The number of ether oxygens (including phenoxy) is 3. The molecule has 0 spiro atoms. The zero-order valence-corrected chi connectivity index (χ0v) is 18.2. The van der Waals surface area contributed by atoms with Gasteiger partial charge in [-0.05, 0) is 30.7 Å². The lowest BCUT2D eigenvalue weighted by Gasteiger charge is -2.19. The van der Waals surface area contributed by atoms with Crippen molar-refractivity contribution in [3.63, 3.8) is 0 Å². The van der Waals surface area contributed by atoms with Gasteiger partial charge in [-0.15, -0.1) is 0 Å². The van der Waals surface area contributed by atoms with Crippen LogP contribution >= 0.6 is 23.2 Å². The normalized spacial score (nSPS) is 11.5. The summed E-state index contributed by atoms with van der Waals surface area (Å²) in [5, 5.41) is 3.69. The van der Waals surface area contributed by atoms with E-state index in [2.05, 4.69) is 5.32 Å². The lowest BCUT2D eigenvalue weighted by atomic mass is 9.96. The Balaban J connectivity index is 2.28. The molecule has 1 atom stereocenters. The van der Waals surface area contributed by atoms with E-state index in [9.17, 15) is 9.59 Å². The third kappa shape index (κ3) is 5.14. The first kappa shape index (κ1) is 22.8. The van der Waals surface area contributed by atoms with Gasteiger partial charge in [0.25, 0.3) is 5.91 Å². The molecule has 2 rings (SSSR count). The second kappa shape index (κ2) is 10.4. The summed E-state index contributed by atoms with van der Waals surface area (Å²) in [7, 11) is 4.48. The number of hydrogen-bond acceptors (Lipinski definition) is 5. The van der Waals surface area contributed by atoms with E-state index in [1.54, 1.807) is 31.2 Å². The van der Waals surface area contributed by atoms with E-state index >= 15 is 0 Å². The Morgan fingerprint density at radius 1 is 1.07 bits per heavy atom. The summed E-state index contributed by atoms with van der Waals surface area (Å²) in [4.78, 5) is 24.0. The highest BCUT2D eigenvalue weighted by atomic mass is 35.5. The fourth-order valence-corrected chi connectivity index (χ4v) is 3.37. The van der Waals surface area contributed by atoms with Crippen LogP contribution in [0.25, 0.3) is 0 Å². The topological polar surface area (TPSA) is 73.9 Å². The summed E-state index contributed by atoms with van der Waals surface area (Å²) in [6.45, 7) is 2.00. The van der Waals surface area contributed by atoms with Crippen molar-refractivity contribution in [3.8, 4) is 17.2 Å². The highest BCUT2D eigenvalue weighted by molar-refractivity contribution is 6.42. The molecular weight excluding hydrogens is 417 g/mol. The van der Waals surface area contributed by atoms with Crippen molar-refractivity contribution in [2.45, 2.75) is 19.3 Å². The summed E-state index contributed by atoms with van der Waals surface area (Å²) in [6.07, 6.45) is 1.04. The molecule has 0 aliphatic rings. The number of aldehydes is 1. The number of methoxy groups -OCH3 is 3. The highest BCUT2D eigenvalue weighted by Crippen LogP contribution is 2.41. The number of carbonyl (C=O) groups excluding carboxylic acids is 2. The largest absolute Gasteiger partial charge is 0.493 e. The van der Waals surface area contributed by atoms with E-state index in [1.807, 2.05) is 0 Å². The molecule has 0 bridgehead atoms. The van der Waals surface area contributed by atoms with Crippen molar-refractivity contribution in [1.82, 2.24) is 5.32 Å². The molecule has 0 saturated carbocycles. The van der Waals surface area contributed by atoms with Gasteiger partial charge in [0.1, 0.15) is 6.29 Å². The van der Waals surface area contributed by atoms with Gasteiger partial charge >= 0.3 is 0 Å². The number of halogens is 2. The second-order valence-corrected chi connectivity index (χ2v) is 7.12. The second-order valence-electron chi connectivity index (χ2n) is 6.30. The molecule has 2 aromatic carbocycles. The number of hydrogen-bond donors (Lipinski definition) is 1. The third-order valence-corrected chi connectivity index (χ3v) is 5.37. The molecule has 1 amide bonds. The summed E-state index contributed by atoms with van der Waals surface area (Å²) in [6, 6.07) is 6.76. The predicted molar refractivity (Wildman–Crippen MR) is 113 cm³/mol. The number of nitrogens with one attached hydrogen (secondary N) is 1. The van der Waals surface area contributed by atoms with Crippen molar-refractivity contribution in [3.05, 3.63) is 51.0 Å². The van der Waals surface area contributed by atoms with Gasteiger partial charge in [-0.25, -0.2) is 0 Å². The van der Waals surface area contributed by atoms with Gasteiger partial charge in [0.15, 0.2) is 11.5 Å². The summed E-state index contributed by atoms with van der Waals surface area (Å²) in [5.41, 5.74) is 1.82. The molecule has 6 nitrogen and oxygen atoms in total. The van der Waals surface area contributed by atoms with E-state index in [1.165, 1.54) is 21.3 Å². The fraction of sp³-hybridized carbons (Fsp3) is 0.333. The van der Waals surface area contributed by atoms with Crippen LogP contribution in [0.3, 0.4) is 0 Å². The average molecular weight is 440 g/mol. The Bertz CT molecular complexity index is 901. The Morgan fingerprint density at radius 2 is 1.76 bits per heavy atom. The third-order valence-electron chi connectivity index (χ3n) is 4.63. The van der Waals surface area contributed by atoms with Crippen LogP contribution in [-0.2, 0) is 4.79 Å². The molecule has 1 N–H and O–H groups in total. The highest BCUT2D eigenvalue weighted by Gasteiger charge is 2.22. The number of amides is 1. The number of carbonyl (C=O) groups is 2. The maximum atomic E-state index is 12.9. The van der Waals surface area contributed by atoms with E-state index in [4.69, 9.17) is 37.4 Å². The van der Waals surface area contributed by atoms with Crippen LogP contribution in [0.2, 0.25) is 10.0 Å². The molecule has 156 valence electrons. The van der Waals surface area contributed by atoms with Gasteiger partial charge < -0.3 is 24.3 Å². The number of rotatable bonds is 9. The lowest BCUT2D eigenvalue weighted by Crippen LogP contribution is -2.29. The SMILES string of the molecule is COc1cc(C(=O)NCC(CC=O)c2ccc(Cl)c(Cl)c2)c(C)c(OC)c1OC. The molecular formula is C21H23Cl2NO5. The van der Waals surface area contributed by atoms with E-state index in [0.717, 1.165) is 11.8 Å². The number of benzene rings is 2. The zero-order chi connectivity index (χ0) is 21.6. The van der Waals surface area contributed by atoms with Crippen LogP contribution in [0.1, 0.15) is 33.8 Å². The van der Waals surface area contributed by atoms with Gasteiger partial charge in [-0.2, -0.15) is 0 Å². The smallest absolute Gasteiger partial charge is 0.251 e. The molecule has 0 saturated heterocycles. The predicted octanol–water partition coefficient (Wildman–Crippen LogP) is 4.43. The first-order valence-corrected chi connectivity index (χ1v) is 9.59. The molecule has 0 aliphatic carbocycles. The van der Waals surface area contributed by atoms with E-state index < -0.39 is 0 Å². The minimum Gasteiger partial charge on any atom is -0.493 e. The Labute approximate surface area is 180 Å². The van der Waals surface area contributed by atoms with Gasteiger partial charge in [0.2, 0.25) is 5.75 Å². The molecule has 1 unspecified atom stereocenters. The minimum absolute atomic E-state index is 0.229. The summed E-state index contributed by atoms with van der Waals surface area (Å²) < 4.78 is 16.1. The van der Waals surface area contributed by atoms with E-state index in [0.29, 0.717) is 38.4 Å². The molecule has 0 aliphatic heterocycles. The standard InChI is InChI=1S/C21H23Cl2NO5/c1-12-15(10-18(27-2)20(29-4)19(12)28-3)21(26)24-11-14(7-8-25)13-5-6-16(22)17(23)9-13/h5-6,8-10,14H,7,11H2,1-4H3,(H,24,26). The van der Waals surface area contributed by atoms with Crippen LogP contribution < -0.4 is 19.5 Å². The fourth-order valence-electron chi connectivity index (χ4n) is 3.07. The van der Waals surface area contributed by atoms with Crippen molar-refractivity contribution in [2.24, 2.45) is 0 Å². The van der Waals surface area contributed by atoms with Gasteiger partial charge in [-0.1, -0.05) is 29.3 Å². The zero-order valence-electron chi connectivity index (χ0n) is 16.7. The Kier molecular flexibility index (Phi) is 8.17. The van der Waals surface area contributed by atoms with Crippen LogP contribution in [0.5, 0.6) is 17.2 Å². The van der Waals surface area contributed by atoms with Crippen LogP contribution in [0.4, 0.5) is 0 Å². The van der Waals surface area contributed by atoms with Crippen LogP contribution in [0, 0.1) is 6.92 Å². The molecule has 0 heterocycles. The van der Waals surface area contributed by atoms with Crippen LogP contribution in [0.15, 0.2) is 24.3 Å². The van der Waals surface area contributed by atoms with E-state index in [-0.39, 0.29) is 24.8 Å². The van der Waals surface area contributed by atoms with Gasteiger partial charge in [0.05, 0.1) is 31.4 Å². The van der Waals surface area contributed by atoms with Crippen molar-refractivity contribution in [1.29, 1.82) is 0 Å². The molecule has 29 heavy (non-hydrogen) atoms. The van der Waals surface area contributed by atoms with Gasteiger partial charge in [0, 0.05) is 30.0 Å². The Morgan fingerprint density at radius 3 is 2.31 bits per heavy atom. The van der Waals surface area contributed by atoms with Crippen molar-refractivity contribution in [2.75, 3.05) is 27.9 Å².